The van der Waals surface area contributed by atoms with Crippen molar-refractivity contribution < 1.29 is 14.7 Å². The highest BCUT2D eigenvalue weighted by atomic mass is 16.4. The van der Waals surface area contributed by atoms with E-state index in [0.717, 1.165) is 0 Å². The Labute approximate surface area is 66.4 Å². The first-order chi connectivity index (χ1) is 4.95. The maximum Gasteiger partial charge on any atom is 0.304 e. The van der Waals surface area contributed by atoms with E-state index in [1.54, 1.807) is 20.8 Å². The normalized spacial score (nSPS) is 13.1. The van der Waals surface area contributed by atoms with E-state index in [2.05, 4.69) is 0 Å². The number of aliphatic carboxylic acids is 1. The molecule has 0 aromatic rings. The van der Waals surface area contributed by atoms with Crippen LogP contribution < -0.4 is 0 Å². The van der Waals surface area contributed by atoms with Gasteiger partial charge in [0.25, 0.3) is 0 Å². The van der Waals surface area contributed by atoms with Crippen LogP contribution in [0.2, 0.25) is 0 Å². The number of carbonyl (C=O) groups excluding carboxylic acids is 1. The Hall–Kier alpha value is -0.860. The van der Waals surface area contributed by atoms with E-state index in [-0.39, 0.29) is 24.0 Å². The van der Waals surface area contributed by atoms with Gasteiger partial charge in [0.1, 0.15) is 5.78 Å². The molecule has 64 valence electrons. The van der Waals surface area contributed by atoms with Crippen LogP contribution in [0.5, 0.6) is 0 Å². The van der Waals surface area contributed by atoms with Crippen molar-refractivity contribution in [2.45, 2.75) is 27.2 Å². The van der Waals surface area contributed by atoms with Gasteiger partial charge in [-0.2, -0.15) is 0 Å². The zero-order chi connectivity index (χ0) is 9.02. The van der Waals surface area contributed by atoms with Gasteiger partial charge in [-0.25, -0.2) is 0 Å². The summed E-state index contributed by atoms with van der Waals surface area (Å²) in [5, 5.41) is 8.36. The van der Waals surface area contributed by atoms with Crippen LogP contribution in [0.3, 0.4) is 0 Å². The van der Waals surface area contributed by atoms with Crippen molar-refractivity contribution in [2.24, 2.45) is 11.8 Å². The van der Waals surface area contributed by atoms with E-state index in [0.29, 0.717) is 0 Å². The molecule has 0 heterocycles. The molecular formula is C8H14O3. The second kappa shape index (κ2) is 4.11. The largest absolute Gasteiger partial charge is 0.481 e. The Morgan fingerprint density at radius 2 is 1.73 bits per heavy atom. The molecule has 0 rings (SSSR count). The Kier molecular flexibility index (Phi) is 3.79. The molecule has 0 aromatic carbocycles. The summed E-state index contributed by atoms with van der Waals surface area (Å²) in [7, 11) is 0. The van der Waals surface area contributed by atoms with Crippen molar-refractivity contribution in [3.63, 3.8) is 0 Å². The zero-order valence-electron chi connectivity index (χ0n) is 7.13. The SMILES string of the molecule is CC(C)C(=O)C(C)CC(=O)O. The van der Waals surface area contributed by atoms with Crippen LogP contribution in [-0.2, 0) is 9.59 Å². The first-order valence-corrected chi connectivity index (χ1v) is 3.70. The number of carbonyl (C=O) groups is 2. The summed E-state index contributed by atoms with van der Waals surface area (Å²) in [5.74, 6) is -1.31. The molecule has 0 bridgehead atoms. The third-order valence-corrected chi connectivity index (χ3v) is 1.54. The quantitative estimate of drug-likeness (QED) is 0.671. The first-order valence-electron chi connectivity index (χ1n) is 3.70. The summed E-state index contributed by atoms with van der Waals surface area (Å²) in [6.45, 7) is 5.21. The molecule has 0 aromatic heterocycles. The molecule has 0 aliphatic heterocycles. The number of rotatable bonds is 4. The molecule has 1 unspecified atom stereocenters. The van der Waals surface area contributed by atoms with E-state index in [1.165, 1.54) is 0 Å². The lowest BCUT2D eigenvalue weighted by atomic mass is 9.94. The number of ketones is 1. The second-order valence-corrected chi connectivity index (χ2v) is 3.06. The van der Waals surface area contributed by atoms with Crippen LogP contribution in [0.1, 0.15) is 27.2 Å². The Morgan fingerprint density at radius 1 is 1.27 bits per heavy atom. The Balaban J connectivity index is 3.93. The zero-order valence-corrected chi connectivity index (χ0v) is 7.13. The summed E-state index contributed by atoms with van der Waals surface area (Å²) in [6, 6.07) is 0. The van der Waals surface area contributed by atoms with Crippen molar-refractivity contribution in [1.82, 2.24) is 0 Å². The van der Waals surface area contributed by atoms with E-state index in [9.17, 15) is 9.59 Å². The highest BCUT2D eigenvalue weighted by Gasteiger charge is 2.18. The van der Waals surface area contributed by atoms with Crippen LogP contribution in [0.25, 0.3) is 0 Å². The van der Waals surface area contributed by atoms with Gasteiger partial charge in [0.15, 0.2) is 0 Å². The van der Waals surface area contributed by atoms with Crippen molar-refractivity contribution in [3.8, 4) is 0 Å². The van der Waals surface area contributed by atoms with Gasteiger partial charge in [-0.05, 0) is 0 Å². The highest BCUT2D eigenvalue weighted by Crippen LogP contribution is 2.09. The lowest BCUT2D eigenvalue weighted by Crippen LogP contribution is -2.19. The number of hydrogen-bond donors (Lipinski definition) is 1. The number of carboxylic acids is 1. The van der Waals surface area contributed by atoms with Gasteiger partial charge < -0.3 is 5.11 Å². The van der Waals surface area contributed by atoms with Crippen LogP contribution in [0.15, 0.2) is 0 Å². The average molecular weight is 158 g/mol. The van der Waals surface area contributed by atoms with Gasteiger partial charge in [-0.3, -0.25) is 9.59 Å². The van der Waals surface area contributed by atoms with Crippen molar-refractivity contribution in [2.75, 3.05) is 0 Å². The predicted molar refractivity (Wildman–Crippen MR) is 41.3 cm³/mol. The van der Waals surface area contributed by atoms with Gasteiger partial charge in [-0.15, -0.1) is 0 Å². The highest BCUT2D eigenvalue weighted by molar-refractivity contribution is 5.85. The van der Waals surface area contributed by atoms with E-state index in [4.69, 9.17) is 5.11 Å². The second-order valence-electron chi connectivity index (χ2n) is 3.06. The number of hydrogen-bond acceptors (Lipinski definition) is 2. The number of Topliss-reactive ketones (excluding diaryl/α,β-unsaturated/α-hetero) is 1. The molecule has 1 N–H and O–H groups in total. The van der Waals surface area contributed by atoms with Crippen molar-refractivity contribution >= 4 is 11.8 Å². The van der Waals surface area contributed by atoms with Crippen molar-refractivity contribution in [3.05, 3.63) is 0 Å². The van der Waals surface area contributed by atoms with Gasteiger partial charge in [0.2, 0.25) is 0 Å². The molecule has 3 nitrogen and oxygen atoms in total. The standard InChI is InChI=1S/C8H14O3/c1-5(2)8(11)6(3)4-7(9)10/h5-6H,4H2,1-3H3,(H,9,10). The van der Waals surface area contributed by atoms with Gasteiger partial charge >= 0.3 is 5.97 Å². The van der Waals surface area contributed by atoms with E-state index >= 15 is 0 Å². The molecule has 0 amide bonds. The minimum atomic E-state index is -0.911. The third-order valence-electron chi connectivity index (χ3n) is 1.54. The first kappa shape index (κ1) is 10.1. The summed E-state index contributed by atoms with van der Waals surface area (Å²) < 4.78 is 0. The van der Waals surface area contributed by atoms with E-state index in [1.807, 2.05) is 0 Å². The van der Waals surface area contributed by atoms with Crippen LogP contribution in [-0.4, -0.2) is 16.9 Å². The molecule has 1 atom stereocenters. The Bertz CT molecular complexity index is 161. The van der Waals surface area contributed by atoms with Crippen molar-refractivity contribution in [1.29, 1.82) is 0 Å². The smallest absolute Gasteiger partial charge is 0.304 e. The van der Waals surface area contributed by atoms with Crippen LogP contribution in [0.4, 0.5) is 0 Å². The maximum atomic E-state index is 11.1. The molecule has 0 spiro atoms. The lowest BCUT2D eigenvalue weighted by Gasteiger charge is -2.09. The summed E-state index contributed by atoms with van der Waals surface area (Å²) in [6.07, 6.45) is -0.0585. The van der Waals surface area contributed by atoms with Crippen LogP contribution >= 0.6 is 0 Å². The van der Waals surface area contributed by atoms with E-state index < -0.39 is 5.97 Å². The predicted octanol–water partition coefficient (Wildman–Crippen LogP) is 1.32. The maximum absolute atomic E-state index is 11.1. The Morgan fingerprint density at radius 3 is 2.00 bits per heavy atom. The van der Waals surface area contributed by atoms with Gasteiger partial charge in [-0.1, -0.05) is 20.8 Å². The van der Waals surface area contributed by atoms with Crippen LogP contribution in [0, 0.1) is 11.8 Å². The molecule has 0 aliphatic carbocycles. The topological polar surface area (TPSA) is 54.4 Å². The molecular weight excluding hydrogens is 144 g/mol. The lowest BCUT2D eigenvalue weighted by molar-refractivity contribution is -0.140. The summed E-state index contributed by atoms with van der Waals surface area (Å²) >= 11 is 0. The average Bonchev–Trinajstić information content (AvgIpc) is 1.84. The molecule has 3 heteroatoms. The van der Waals surface area contributed by atoms with Gasteiger partial charge in [0, 0.05) is 11.8 Å². The fourth-order valence-electron chi connectivity index (χ4n) is 0.932. The minimum absolute atomic E-state index is 0.0207. The monoisotopic (exact) mass is 158 g/mol. The molecule has 0 saturated heterocycles. The summed E-state index contributed by atoms with van der Waals surface area (Å²) in [5.41, 5.74) is 0. The van der Waals surface area contributed by atoms with Gasteiger partial charge in [0.05, 0.1) is 6.42 Å². The number of carboxylic acid groups (broad SMARTS) is 1. The fourth-order valence-corrected chi connectivity index (χ4v) is 0.932. The molecule has 0 fully saturated rings. The molecule has 0 radical (unpaired) electrons. The third kappa shape index (κ3) is 3.75. The minimum Gasteiger partial charge on any atom is -0.481 e. The fraction of sp³-hybridized carbons (Fsp3) is 0.750. The molecule has 0 aliphatic rings. The molecule has 11 heavy (non-hydrogen) atoms. The molecule has 0 saturated carbocycles. The summed E-state index contributed by atoms with van der Waals surface area (Å²) in [4.78, 5) is 21.3.